The van der Waals surface area contributed by atoms with Gasteiger partial charge < -0.3 is 0 Å². The molecule has 4 rings (SSSR count). The molecule has 0 saturated carbocycles. The maximum atomic E-state index is 9.16. The van der Waals surface area contributed by atoms with Crippen molar-refractivity contribution in [1.82, 2.24) is 0 Å². The molecule has 0 fully saturated rings. The molecule has 4 aromatic carbocycles. The zero-order valence-electron chi connectivity index (χ0n) is 17.6. The molecule has 0 atom stereocenters. The molecule has 5 nitrogen and oxygen atoms in total. The monoisotopic (exact) mass is 521 g/mol. The van der Waals surface area contributed by atoms with E-state index in [-0.39, 0.29) is 0 Å². The molecule has 33 heavy (non-hydrogen) atoms. The van der Waals surface area contributed by atoms with E-state index in [0.717, 1.165) is 5.21 Å². The summed E-state index contributed by atoms with van der Waals surface area (Å²) in [7, 11) is -4.94. The molecule has 7 heteroatoms. The second-order valence-electron chi connectivity index (χ2n) is 7.16. The van der Waals surface area contributed by atoms with Crippen molar-refractivity contribution < 1.29 is 28.9 Å². The summed E-state index contributed by atoms with van der Waals surface area (Å²) in [6.45, 7) is 0. The summed E-state index contributed by atoms with van der Waals surface area (Å²) in [6.07, 6.45) is 0. The van der Waals surface area contributed by atoms with E-state index in [1.807, 2.05) is 12.1 Å². The van der Waals surface area contributed by atoms with Crippen LogP contribution in [0, 0.1) is 21.6 Å². The van der Waals surface area contributed by atoms with Gasteiger partial charge in [-0.2, -0.15) is 0 Å². The van der Waals surface area contributed by atoms with Crippen molar-refractivity contribution >= 4 is 26.6 Å². The summed E-state index contributed by atoms with van der Waals surface area (Å²) in [6, 6.07) is 43.2. The standard InChI is InChI=1S/C26H21AsN.ClHO4/c28-21-23-18-16-22(17-19-23)20-27(24-10-4-1-5-11-24,25-12-6-2-7-13-25)26-14-8-3-9-15-26;2-1(3,4)5/h1-19H,20H2;(H,2,3,4,5)/q+1;/p-1. The van der Waals surface area contributed by atoms with Gasteiger partial charge in [0.1, 0.15) is 0 Å². The van der Waals surface area contributed by atoms with Gasteiger partial charge in [0.05, 0.1) is 0 Å². The third-order valence-corrected chi connectivity index (χ3v) is 14.3. The molecule has 0 N–H and O–H groups in total. The number of hydrogen-bond donors (Lipinski definition) is 0. The largest absolute Gasteiger partial charge is 0.222 e. The van der Waals surface area contributed by atoms with Gasteiger partial charge in [-0.05, 0) is 0 Å². The van der Waals surface area contributed by atoms with E-state index >= 15 is 0 Å². The summed E-state index contributed by atoms with van der Waals surface area (Å²) in [5.74, 6) is 0. The molecule has 0 aliphatic rings. The minimum absolute atomic E-state index is 0.708. The van der Waals surface area contributed by atoms with Crippen molar-refractivity contribution in [1.29, 1.82) is 5.26 Å². The summed E-state index contributed by atoms with van der Waals surface area (Å²) in [4.78, 5) is 0. The molecule has 4 aromatic rings. The molecule has 0 unspecified atom stereocenters. The van der Waals surface area contributed by atoms with Gasteiger partial charge in [0.25, 0.3) is 0 Å². The first kappa shape index (κ1) is 24.7. The van der Waals surface area contributed by atoms with Crippen LogP contribution in [-0.2, 0) is 5.21 Å². The van der Waals surface area contributed by atoms with Gasteiger partial charge >= 0.3 is 170 Å². The minimum Gasteiger partial charge on any atom is -0.222 e. The van der Waals surface area contributed by atoms with Crippen LogP contribution in [0.4, 0.5) is 0 Å². The fraction of sp³-hybridized carbons (Fsp3) is 0.0385. The molecule has 0 amide bonds. The number of hydrogen-bond acceptors (Lipinski definition) is 5. The summed E-state index contributed by atoms with van der Waals surface area (Å²) < 4.78 is 38.3. The number of halogens is 1. The fourth-order valence-electron chi connectivity index (χ4n) is 3.73. The average molecular weight is 522 g/mol. The first-order valence-electron chi connectivity index (χ1n) is 9.98. The molecule has 0 saturated heterocycles. The van der Waals surface area contributed by atoms with Crippen molar-refractivity contribution in [3.8, 4) is 6.07 Å². The predicted octanol–water partition coefficient (Wildman–Crippen LogP) is -0.946. The minimum atomic E-state index is -4.94. The molecule has 0 spiro atoms. The maximum absolute atomic E-state index is 9.16. The van der Waals surface area contributed by atoms with E-state index in [0.29, 0.717) is 5.56 Å². The Bertz CT molecular complexity index is 1070. The molecule has 0 aliphatic heterocycles. The molecule has 0 heterocycles. The number of rotatable bonds is 5. The van der Waals surface area contributed by atoms with E-state index in [2.05, 4.69) is 109 Å². The Morgan fingerprint density at radius 3 is 1.21 bits per heavy atom. The Kier molecular flexibility index (Phi) is 8.43. The van der Waals surface area contributed by atoms with E-state index < -0.39 is 23.8 Å². The van der Waals surface area contributed by atoms with Crippen LogP contribution < -0.4 is 31.7 Å². The Labute approximate surface area is 198 Å². The second-order valence-corrected chi connectivity index (χ2v) is 15.2. The van der Waals surface area contributed by atoms with Gasteiger partial charge in [0.2, 0.25) is 0 Å². The van der Waals surface area contributed by atoms with Crippen LogP contribution in [0.3, 0.4) is 0 Å². The van der Waals surface area contributed by atoms with Crippen LogP contribution in [0.25, 0.3) is 0 Å². The maximum Gasteiger partial charge on any atom is -0.112 e. The number of nitrogens with zero attached hydrogens (tertiary/aromatic N) is 1. The van der Waals surface area contributed by atoms with Gasteiger partial charge in [0.15, 0.2) is 0 Å². The van der Waals surface area contributed by atoms with Crippen molar-refractivity contribution in [2.75, 3.05) is 0 Å². The smallest absolute Gasteiger partial charge is 0.112 e. The van der Waals surface area contributed by atoms with Crippen molar-refractivity contribution in [3.05, 3.63) is 126 Å². The molecule has 0 aromatic heterocycles. The Balaban J connectivity index is 0.000000555. The van der Waals surface area contributed by atoms with Crippen molar-refractivity contribution in [2.45, 2.75) is 5.21 Å². The second kappa shape index (κ2) is 11.3. The number of nitriles is 1. The summed E-state index contributed by atoms with van der Waals surface area (Å²) >= 11 is -2.74. The van der Waals surface area contributed by atoms with Crippen LogP contribution in [0.2, 0.25) is 0 Å². The molecule has 0 radical (unpaired) electrons. The van der Waals surface area contributed by atoms with E-state index in [9.17, 15) is 0 Å². The SMILES string of the molecule is N#Cc1ccc(C[As+](c2ccccc2)(c2ccccc2)c2ccccc2)cc1.[O-][Cl+3]([O-])([O-])[O-]. The van der Waals surface area contributed by atoms with Gasteiger partial charge in [-0.25, -0.2) is 18.6 Å². The van der Waals surface area contributed by atoms with Gasteiger partial charge in [-0.3, -0.25) is 0 Å². The van der Waals surface area contributed by atoms with Crippen LogP contribution in [0.5, 0.6) is 0 Å². The van der Waals surface area contributed by atoms with E-state index in [1.54, 1.807) is 0 Å². The topological polar surface area (TPSA) is 116 Å². The van der Waals surface area contributed by atoms with Crippen LogP contribution in [-0.4, -0.2) is 13.6 Å². The van der Waals surface area contributed by atoms with Crippen molar-refractivity contribution in [3.63, 3.8) is 0 Å². The first-order chi connectivity index (χ1) is 15.8. The molecule has 0 bridgehead atoms. The van der Waals surface area contributed by atoms with Gasteiger partial charge in [-0.1, -0.05) is 0 Å². The quantitative estimate of drug-likeness (QED) is 0.314. The number of benzene rings is 4. The van der Waals surface area contributed by atoms with Crippen LogP contribution >= 0.6 is 0 Å². The molecular formula is C26H21AsClNO4. The third-order valence-electron chi connectivity index (χ3n) is 5.09. The van der Waals surface area contributed by atoms with Crippen LogP contribution in [0.1, 0.15) is 11.1 Å². The molecule has 0 aliphatic carbocycles. The third kappa shape index (κ3) is 6.77. The Morgan fingerprint density at radius 1 is 0.576 bits per heavy atom. The zero-order valence-corrected chi connectivity index (χ0v) is 20.2. The van der Waals surface area contributed by atoms with Gasteiger partial charge in [0, 0.05) is 0 Å². The first-order valence-corrected chi connectivity index (χ1v) is 15.4. The summed E-state index contributed by atoms with van der Waals surface area (Å²) in [5.41, 5.74) is 1.99. The van der Waals surface area contributed by atoms with E-state index in [1.165, 1.54) is 18.6 Å². The van der Waals surface area contributed by atoms with Crippen molar-refractivity contribution in [2.24, 2.45) is 0 Å². The summed E-state index contributed by atoms with van der Waals surface area (Å²) in [5, 5.41) is 10.1. The zero-order chi connectivity index (χ0) is 23.7. The predicted molar refractivity (Wildman–Crippen MR) is 119 cm³/mol. The average Bonchev–Trinajstić information content (AvgIpc) is 2.83. The Morgan fingerprint density at radius 2 is 0.909 bits per heavy atom. The molecular weight excluding hydrogens is 501 g/mol. The fourth-order valence-corrected chi connectivity index (χ4v) is 12.6. The molecule has 166 valence electrons. The van der Waals surface area contributed by atoms with Crippen LogP contribution in [0.15, 0.2) is 115 Å². The van der Waals surface area contributed by atoms with Gasteiger partial charge in [-0.15, -0.1) is 10.2 Å². The normalized spacial score (nSPS) is 11.1. The Hall–Kier alpha value is -2.94. The van der Waals surface area contributed by atoms with E-state index in [4.69, 9.17) is 23.9 Å².